The number of carbonyl (C=O) groups excluding carboxylic acids is 1. The predicted molar refractivity (Wildman–Crippen MR) is 41.0 cm³/mol. The lowest BCUT2D eigenvalue weighted by molar-refractivity contribution is -0.308. The summed E-state index contributed by atoms with van der Waals surface area (Å²) in [6.07, 6.45) is -6.97. The molecular weight excluding hydrogens is 196 g/mol. The van der Waals surface area contributed by atoms with E-state index in [2.05, 4.69) is 4.74 Å². The molecule has 0 saturated carbocycles. The number of aliphatic hydroxyl groups excluding tert-OH is 4. The lowest BCUT2D eigenvalue weighted by Crippen LogP contribution is -2.67. The van der Waals surface area contributed by atoms with Crippen LogP contribution in [0.3, 0.4) is 0 Å². The SMILES string of the molecule is O=C[C@]1(O)[C@@H](O)C(O)O[C@H](CO)[C@@H]1O. The van der Waals surface area contributed by atoms with Gasteiger partial charge in [-0.2, -0.15) is 0 Å². The van der Waals surface area contributed by atoms with Crippen molar-refractivity contribution in [2.75, 3.05) is 6.61 Å². The number of carbonyl (C=O) groups is 1. The van der Waals surface area contributed by atoms with Gasteiger partial charge in [0, 0.05) is 0 Å². The average Bonchev–Trinajstić information content (AvgIpc) is 2.20. The van der Waals surface area contributed by atoms with Gasteiger partial charge in [0.2, 0.25) is 0 Å². The Kier molecular flexibility index (Phi) is 3.20. The molecule has 1 saturated heterocycles. The summed E-state index contributed by atoms with van der Waals surface area (Å²) in [7, 11) is 0. The zero-order chi connectivity index (χ0) is 10.9. The Bertz CT molecular complexity index is 220. The van der Waals surface area contributed by atoms with Gasteiger partial charge in [0.1, 0.15) is 18.3 Å². The van der Waals surface area contributed by atoms with Crippen LogP contribution in [0.2, 0.25) is 0 Å². The molecule has 0 aliphatic carbocycles. The summed E-state index contributed by atoms with van der Waals surface area (Å²) in [5.41, 5.74) is -2.52. The molecule has 0 aromatic rings. The van der Waals surface area contributed by atoms with Crippen molar-refractivity contribution in [1.29, 1.82) is 0 Å². The van der Waals surface area contributed by atoms with E-state index in [9.17, 15) is 20.1 Å². The molecule has 0 spiro atoms. The van der Waals surface area contributed by atoms with Gasteiger partial charge in [-0.15, -0.1) is 0 Å². The van der Waals surface area contributed by atoms with E-state index in [1.807, 2.05) is 0 Å². The highest BCUT2D eigenvalue weighted by atomic mass is 16.6. The molecular formula is C7H12O7. The lowest BCUT2D eigenvalue weighted by atomic mass is 9.85. The Hall–Kier alpha value is -0.570. The molecule has 0 amide bonds. The maximum absolute atomic E-state index is 10.5. The first-order valence-corrected chi connectivity index (χ1v) is 3.96. The quantitative estimate of drug-likeness (QED) is 0.296. The highest BCUT2D eigenvalue weighted by molar-refractivity contribution is 5.65. The normalized spacial score (nSPS) is 48.9. The first-order valence-electron chi connectivity index (χ1n) is 3.96. The minimum Gasteiger partial charge on any atom is -0.394 e. The highest BCUT2D eigenvalue weighted by Crippen LogP contribution is 2.27. The van der Waals surface area contributed by atoms with Crippen LogP contribution in [0.15, 0.2) is 0 Å². The second-order valence-electron chi connectivity index (χ2n) is 3.14. The Morgan fingerprint density at radius 2 is 1.86 bits per heavy atom. The number of hydrogen-bond donors (Lipinski definition) is 5. The Morgan fingerprint density at radius 3 is 2.29 bits per heavy atom. The van der Waals surface area contributed by atoms with Crippen LogP contribution in [0.1, 0.15) is 0 Å². The van der Waals surface area contributed by atoms with Crippen molar-refractivity contribution in [1.82, 2.24) is 0 Å². The van der Waals surface area contributed by atoms with Crippen molar-refractivity contribution < 1.29 is 35.1 Å². The molecule has 0 aromatic carbocycles. The van der Waals surface area contributed by atoms with E-state index < -0.39 is 36.8 Å². The van der Waals surface area contributed by atoms with Gasteiger partial charge in [0.05, 0.1) is 6.61 Å². The average molecular weight is 208 g/mol. The largest absolute Gasteiger partial charge is 0.394 e. The van der Waals surface area contributed by atoms with Crippen molar-refractivity contribution >= 4 is 6.29 Å². The van der Waals surface area contributed by atoms with E-state index in [0.29, 0.717) is 0 Å². The Balaban J connectivity index is 2.94. The zero-order valence-electron chi connectivity index (χ0n) is 7.15. The second-order valence-corrected chi connectivity index (χ2v) is 3.14. The first-order chi connectivity index (χ1) is 6.47. The molecule has 7 heteroatoms. The van der Waals surface area contributed by atoms with Crippen LogP contribution in [0, 0.1) is 0 Å². The lowest BCUT2D eigenvalue weighted by Gasteiger charge is -2.43. The number of aliphatic hydroxyl groups is 5. The Morgan fingerprint density at radius 1 is 1.29 bits per heavy atom. The monoisotopic (exact) mass is 208 g/mol. The summed E-state index contributed by atoms with van der Waals surface area (Å²) < 4.78 is 4.54. The molecule has 0 radical (unpaired) electrons. The number of ether oxygens (including phenoxy) is 1. The van der Waals surface area contributed by atoms with Gasteiger partial charge >= 0.3 is 0 Å². The van der Waals surface area contributed by atoms with Gasteiger partial charge in [-0.05, 0) is 0 Å². The van der Waals surface area contributed by atoms with Crippen LogP contribution in [-0.2, 0) is 9.53 Å². The Labute approximate surface area is 79.2 Å². The van der Waals surface area contributed by atoms with Crippen LogP contribution in [-0.4, -0.2) is 68.6 Å². The standard InChI is InChI=1S/C7H12O7/c8-1-3-4(10)7(13,2-9)5(11)6(12)14-3/h2-6,8,10-13H,1H2/t3-,4+,5+,6?,7-/m1/s1. The van der Waals surface area contributed by atoms with Crippen LogP contribution in [0.5, 0.6) is 0 Å². The molecule has 1 heterocycles. The van der Waals surface area contributed by atoms with Crippen molar-refractivity contribution in [2.45, 2.75) is 30.2 Å². The molecule has 1 unspecified atom stereocenters. The number of aldehydes is 1. The minimum atomic E-state index is -2.52. The molecule has 82 valence electrons. The van der Waals surface area contributed by atoms with Crippen LogP contribution in [0.4, 0.5) is 0 Å². The van der Waals surface area contributed by atoms with Crippen LogP contribution < -0.4 is 0 Å². The summed E-state index contributed by atoms with van der Waals surface area (Å²) >= 11 is 0. The fraction of sp³-hybridized carbons (Fsp3) is 0.857. The molecule has 1 aliphatic heterocycles. The fourth-order valence-corrected chi connectivity index (χ4v) is 1.31. The molecule has 5 N–H and O–H groups in total. The predicted octanol–water partition coefficient (Wildman–Crippen LogP) is -3.65. The third-order valence-electron chi connectivity index (χ3n) is 2.25. The summed E-state index contributed by atoms with van der Waals surface area (Å²) in [6.45, 7) is -0.693. The van der Waals surface area contributed by atoms with Gasteiger partial charge in [0.25, 0.3) is 0 Å². The van der Waals surface area contributed by atoms with E-state index in [1.165, 1.54) is 0 Å². The van der Waals surface area contributed by atoms with Gasteiger partial charge in [0.15, 0.2) is 18.2 Å². The molecule has 1 rings (SSSR count). The van der Waals surface area contributed by atoms with Crippen LogP contribution in [0.25, 0.3) is 0 Å². The van der Waals surface area contributed by atoms with Gasteiger partial charge in [-0.1, -0.05) is 0 Å². The molecule has 14 heavy (non-hydrogen) atoms. The smallest absolute Gasteiger partial charge is 0.184 e. The third-order valence-corrected chi connectivity index (χ3v) is 2.25. The van der Waals surface area contributed by atoms with E-state index in [1.54, 1.807) is 0 Å². The molecule has 0 aromatic heterocycles. The molecule has 1 aliphatic rings. The van der Waals surface area contributed by atoms with E-state index in [4.69, 9.17) is 10.2 Å². The summed E-state index contributed by atoms with van der Waals surface area (Å²) in [6, 6.07) is 0. The minimum absolute atomic E-state index is 0.0866. The number of rotatable bonds is 2. The molecule has 7 nitrogen and oxygen atoms in total. The van der Waals surface area contributed by atoms with E-state index in [-0.39, 0.29) is 6.29 Å². The van der Waals surface area contributed by atoms with Crippen molar-refractivity contribution in [3.05, 3.63) is 0 Å². The van der Waals surface area contributed by atoms with Gasteiger partial charge in [-0.3, -0.25) is 4.79 Å². The summed E-state index contributed by atoms with van der Waals surface area (Å²) in [5.74, 6) is 0. The summed E-state index contributed by atoms with van der Waals surface area (Å²) in [4.78, 5) is 10.5. The topological polar surface area (TPSA) is 127 Å². The molecule has 1 fully saturated rings. The van der Waals surface area contributed by atoms with E-state index in [0.717, 1.165) is 0 Å². The fourth-order valence-electron chi connectivity index (χ4n) is 1.31. The number of hydrogen-bond acceptors (Lipinski definition) is 7. The van der Waals surface area contributed by atoms with Gasteiger partial charge < -0.3 is 30.3 Å². The maximum Gasteiger partial charge on any atom is 0.184 e. The van der Waals surface area contributed by atoms with E-state index >= 15 is 0 Å². The van der Waals surface area contributed by atoms with Crippen molar-refractivity contribution in [3.63, 3.8) is 0 Å². The van der Waals surface area contributed by atoms with Crippen molar-refractivity contribution in [2.24, 2.45) is 0 Å². The highest BCUT2D eigenvalue weighted by Gasteiger charge is 2.54. The van der Waals surface area contributed by atoms with Crippen molar-refractivity contribution in [3.8, 4) is 0 Å². The maximum atomic E-state index is 10.5. The summed E-state index contributed by atoms with van der Waals surface area (Å²) in [5, 5.41) is 45.7. The third kappa shape index (κ3) is 1.54. The van der Waals surface area contributed by atoms with Gasteiger partial charge in [-0.25, -0.2) is 0 Å². The molecule has 0 bridgehead atoms. The zero-order valence-corrected chi connectivity index (χ0v) is 7.15. The second kappa shape index (κ2) is 3.89. The first kappa shape index (κ1) is 11.5. The van der Waals surface area contributed by atoms with Crippen LogP contribution >= 0.6 is 0 Å². The molecule has 5 atom stereocenters.